The van der Waals surface area contributed by atoms with Crippen LogP contribution in [-0.4, -0.2) is 16.7 Å². The van der Waals surface area contributed by atoms with Gasteiger partial charge in [-0.15, -0.1) is 0 Å². The number of hydroxylamine groups is 3. The molecule has 1 fully saturated rings. The van der Waals surface area contributed by atoms with Gasteiger partial charge in [-0.05, 0) is 19.4 Å². The van der Waals surface area contributed by atoms with Gasteiger partial charge in [0.15, 0.2) is 0 Å². The molecular formula is C11H21NO. The summed E-state index contributed by atoms with van der Waals surface area (Å²) in [5.41, 5.74) is -0.0694. The van der Waals surface area contributed by atoms with Gasteiger partial charge in [0.25, 0.3) is 0 Å². The maximum absolute atomic E-state index is 12.4. The molecule has 0 radical (unpaired) electrons. The Hall–Kier alpha value is -0.340. The van der Waals surface area contributed by atoms with E-state index in [0.717, 1.165) is 32.2 Å². The molecular weight excluding hydrogens is 162 g/mol. The van der Waals surface area contributed by atoms with E-state index in [4.69, 9.17) is 0 Å². The average molecular weight is 183 g/mol. The summed E-state index contributed by atoms with van der Waals surface area (Å²) in [7, 11) is 0. The van der Waals surface area contributed by atoms with Crippen LogP contribution < -0.4 is 0 Å². The second kappa shape index (κ2) is 3.81. The lowest BCUT2D eigenvalue weighted by molar-refractivity contribution is -0.892. The lowest BCUT2D eigenvalue weighted by Crippen LogP contribution is -2.59. The van der Waals surface area contributed by atoms with Gasteiger partial charge in [-0.2, -0.15) is 0 Å². The van der Waals surface area contributed by atoms with E-state index in [1.54, 1.807) is 6.20 Å². The zero-order chi connectivity index (χ0) is 9.95. The summed E-state index contributed by atoms with van der Waals surface area (Å²) in [5.74, 6) is 0. The molecule has 0 bridgehead atoms. The van der Waals surface area contributed by atoms with Crippen LogP contribution in [0.1, 0.15) is 46.0 Å². The first-order valence-corrected chi connectivity index (χ1v) is 5.36. The number of hydrogen-bond donors (Lipinski definition) is 0. The Kier molecular flexibility index (Phi) is 3.14. The van der Waals surface area contributed by atoms with Gasteiger partial charge in [0.05, 0.1) is 12.7 Å². The summed E-state index contributed by atoms with van der Waals surface area (Å²) in [6.45, 7) is 8.69. The third kappa shape index (κ3) is 1.53. The highest BCUT2D eigenvalue weighted by molar-refractivity contribution is 4.86. The van der Waals surface area contributed by atoms with E-state index in [9.17, 15) is 5.21 Å². The van der Waals surface area contributed by atoms with Crippen molar-refractivity contribution in [2.24, 2.45) is 0 Å². The molecule has 1 heterocycles. The van der Waals surface area contributed by atoms with Gasteiger partial charge < -0.3 is 9.85 Å². The molecule has 1 aliphatic heterocycles. The predicted molar refractivity (Wildman–Crippen MR) is 55.9 cm³/mol. The summed E-state index contributed by atoms with van der Waals surface area (Å²) in [4.78, 5) is 0. The number of likely N-dealkylation sites (tertiary alicyclic amines) is 1. The van der Waals surface area contributed by atoms with Crippen LogP contribution in [0.4, 0.5) is 0 Å². The number of piperidine rings is 1. The van der Waals surface area contributed by atoms with Crippen LogP contribution in [0.2, 0.25) is 0 Å². The summed E-state index contributed by atoms with van der Waals surface area (Å²) >= 11 is 0. The van der Waals surface area contributed by atoms with Crippen molar-refractivity contribution in [1.82, 2.24) is 0 Å². The third-order valence-electron chi connectivity index (χ3n) is 3.80. The highest BCUT2D eigenvalue weighted by Crippen LogP contribution is 2.40. The first kappa shape index (κ1) is 10.7. The highest BCUT2D eigenvalue weighted by Gasteiger charge is 2.43. The quantitative estimate of drug-likeness (QED) is 0.487. The van der Waals surface area contributed by atoms with Crippen LogP contribution in [0.15, 0.2) is 12.8 Å². The summed E-state index contributed by atoms with van der Waals surface area (Å²) in [5, 5.41) is 12.4. The van der Waals surface area contributed by atoms with E-state index in [-0.39, 0.29) is 10.2 Å². The van der Waals surface area contributed by atoms with Gasteiger partial charge in [0.1, 0.15) is 5.54 Å². The molecule has 1 rings (SSSR count). The molecule has 0 aromatic heterocycles. The Morgan fingerprint density at radius 1 is 1.38 bits per heavy atom. The molecule has 1 atom stereocenters. The molecule has 0 aromatic carbocycles. The lowest BCUT2D eigenvalue weighted by Gasteiger charge is -2.57. The van der Waals surface area contributed by atoms with Gasteiger partial charge in [0, 0.05) is 19.3 Å². The van der Waals surface area contributed by atoms with Gasteiger partial charge >= 0.3 is 0 Å². The van der Waals surface area contributed by atoms with Crippen LogP contribution in [0, 0.1) is 5.21 Å². The molecule has 0 amide bonds. The molecule has 76 valence electrons. The fraction of sp³-hybridized carbons (Fsp3) is 0.818. The summed E-state index contributed by atoms with van der Waals surface area (Å²) in [6, 6.07) is 0. The maximum atomic E-state index is 12.4. The largest absolute Gasteiger partial charge is 0.627 e. The minimum atomic E-state index is -0.167. The minimum absolute atomic E-state index is 0.0694. The van der Waals surface area contributed by atoms with Gasteiger partial charge in [0.2, 0.25) is 0 Å². The second-order valence-electron chi connectivity index (χ2n) is 4.09. The molecule has 1 unspecified atom stereocenters. The molecule has 0 saturated carbocycles. The van der Waals surface area contributed by atoms with E-state index in [1.165, 1.54) is 6.42 Å². The Labute approximate surface area is 81.4 Å². The fourth-order valence-electron chi connectivity index (χ4n) is 2.65. The van der Waals surface area contributed by atoms with Gasteiger partial charge in [-0.25, -0.2) is 0 Å². The third-order valence-corrected chi connectivity index (χ3v) is 3.80. The molecule has 0 spiro atoms. The molecule has 13 heavy (non-hydrogen) atoms. The fourth-order valence-corrected chi connectivity index (χ4v) is 2.65. The van der Waals surface area contributed by atoms with Crippen LogP contribution in [-0.2, 0) is 0 Å². The summed E-state index contributed by atoms with van der Waals surface area (Å²) in [6.07, 6.45) is 6.87. The zero-order valence-corrected chi connectivity index (χ0v) is 8.88. The number of rotatable bonds is 3. The predicted octanol–water partition coefficient (Wildman–Crippen LogP) is 3.19. The SMILES string of the molecule is C=C[N+]1([O-])CCCCC1(CC)CC. The Bertz CT molecular complexity index is 187. The van der Waals surface area contributed by atoms with E-state index in [2.05, 4.69) is 20.4 Å². The van der Waals surface area contributed by atoms with Crippen molar-refractivity contribution in [3.63, 3.8) is 0 Å². The first-order valence-electron chi connectivity index (χ1n) is 5.36. The monoisotopic (exact) mass is 183 g/mol. The van der Waals surface area contributed by atoms with E-state index >= 15 is 0 Å². The van der Waals surface area contributed by atoms with Crippen molar-refractivity contribution in [2.75, 3.05) is 6.54 Å². The van der Waals surface area contributed by atoms with E-state index in [0.29, 0.717) is 0 Å². The summed E-state index contributed by atoms with van der Waals surface area (Å²) < 4.78 is -0.167. The Balaban J connectivity index is 2.94. The maximum Gasteiger partial charge on any atom is 0.103 e. The smallest absolute Gasteiger partial charge is 0.103 e. The molecule has 2 nitrogen and oxygen atoms in total. The first-order chi connectivity index (χ1) is 6.14. The molecule has 0 aromatic rings. The molecule has 0 aliphatic carbocycles. The molecule has 0 N–H and O–H groups in total. The number of quaternary nitrogens is 1. The second-order valence-corrected chi connectivity index (χ2v) is 4.09. The topological polar surface area (TPSA) is 23.1 Å². The number of nitrogens with zero attached hydrogens (tertiary/aromatic N) is 1. The van der Waals surface area contributed by atoms with Crippen LogP contribution in [0.5, 0.6) is 0 Å². The molecule has 1 saturated heterocycles. The van der Waals surface area contributed by atoms with Crippen LogP contribution >= 0.6 is 0 Å². The van der Waals surface area contributed by atoms with Crippen molar-refractivity contribution in [2.45, 2.75) is 51.5 Å². The lowest BCUT2D eigenvalue weighted by atomic mass is 9.81. The zero-order valence-electron chi connectivity index (χ0n) is 8.88. The van der Waals surface area contributed by atoms with Crippen molar-refractivity contribution in [3.8, 4) is 0 Å². The van der Waals surface area contributed by atoms with E-state index in [1.807, 2.05) is 0 Å². The van der Waals surface area contributed by atoms with Gasteiger partial charge in [-0.3, -0.25) is 0 Å². The molecule has 1 aliphatic rings. The van der Waals surface area contributed by atoms with Crippen molar-refractivity contribution in [3.05, 3.63) is 18.0 Å². The standard InChI is InChI=1S/C11H21NO/c1-4-11(5-2)9-7-8-10-12(11,13)6-3/h6H,3-5,7-10H2,1-2H3. The van der Waals surface area contributed by atoms with Crippen molar-refractivity contribution < 1.29 is 4.65 Å². The van der Waals surface area contributed by atoms with E-state index < -0.39 is 0 Å². The normalized spacial score (nSPS) is 32.8. The highest BCUT2D eigenvalue weighted by atomic mass is 16.5. The van der Waals surface area contributed by atoms with Crippen molar-refractivity contribution in [1.29, 1.82) is 0 Å². The average Bonchev–Trinajstić information content (AvgIpc) is 2.19. The van der Waals surface area contributed by atoms with Crippen LogP contribution in [0.3, 0.4) is 0 Å². The van der Waals surface area contributed by atoms with Crippen LogP contribution in [0.25, 0.3) is 0 Å². The van der Waals surface area contributed by atoms with Crippen molar-refractivity contribution >= 4 is 0 Å². The van der Waals surface area contributed by atoms with Gasteiger partial charge in [-0.1, -0.05) is 13.8 Å². The number of hydrogen-bond acceptors (Lipinski definition) is 1. The minimum Gasteiger partial charge on any atom is -0.627 e. The Morgan fingerprint density at radius 2 is 2.00 bits per heavy atom. The Morgan fingerprint density at radius 3 is 2.38 bits per heavy atom. The molecule has 2 heteroatoms.